The number of nitrogens with two attached hydrogens (primary N) is 2. The fraction of sp³-hybridized carbons (Fsp3) is 0.286. The minimum Gasteiger partial charge on any atom is -0.494 e. The Morgan fingerprint density at radius 3 is 2.30 bits per heavy atom. The summed E-state index contributed by atoms with van der Waals surface area (Å²) in [5, 5.41) is 0.542. The second-order valence-corrected chi connectivity index (χ2v) is 7.87. The average Bonchev–Trinajstić information content (AvgIpc) is 2.45. The molecule has 0 aliphatic heterocycles. The van der Waals surface area contributed by atoms with Crippen molar-refractivity contribution in [2.45, 2.75) is 16.5 Å². The zero-order valence-corrected chi connectivity index (χ0v) is 14.2. The van der Waals surface area contributed by atoms with Gasteiger partial charge in [-0.05, 0) is 30.7 Å². The Morgan fingerprint density at radius 1 is 1.13 bits per heavy atom. The Kier molecular flexibility index (Phi) is 5.67. The maximum Gasteiger partial charge on any atom is 0.191 e. The fourth-order valence-corrected chi connectivity index (χ4v) is 3.14. The lowest BCUT2D eigenvalue weighted by Crippen LogP contribution is -2.02. The molecule has 4 N–H and O–H groups in total. The molecule has 23 heavy (non-hydrogen) atoms. The summed E-state index contributed by atoms with van der Waals surface area (Å²) in [7, 11) is -3.18. The second kappa shape index (κ2) is 7.51. The third-order valence-corrected chi connectivity index (χ3v) is 4.85. The Morgan fingerprint density at radius 2 is 1.74 bits per heavy atom. The maximum absolute atomic E-state index is 11.4. The van der Waals surface area contributed by atoms with Crippen LogP contribution in [0.5, 0.6) is 5.75 Å². The van der Waals surface area contributed by atoms with Crippen LogP contribution in [-0.2, 0) is 9.84 Å². The molecule has 0 fully saturated rings. The molecule has 0 spiro atoms. The third kappa shape index (κ3) is 5.61. The van der Waals surface area contributed by atoms with E-state index in [0.717, 1.165) is 12.2 Å². The van der Waals surface area contributed by atoms with Gasteiger partial charge in [-0.3, -0.25) is 0 Å². The van der Waals surface area contributed by atoms with E-state index < -0.39 is 9.84 Å². The predicted molar refractivity (Wildman–Crippen MR) is 91.2 cm³/mol. The lowest BCUT2D eigenvalue weighted by Gasteiger charge is -2.07. The molecule has 0 bridgehead atoms. The largest absolute Gasteiger partial charge is 0.494 e. The molecule has 0 amide bonds. The number of sulfone groups is 1. The van der Waals surface area contributed by atoms with E-state index in [2.05, 4.69) is 9.97 Å². The van der Waals surface area contributed by atoms with Crippen LogP contribution in [0.1, 0.15) is 6.42 Å². The third-order valence-electron chi connectivity index (χ3n) is 2.79. The summed E-state index contributed by atoms with van der Waals surface area (Å²) in [6.45, 7) is 0.503. The number of nitrogen functional groups attached to an aromatic ring is 2. The van der Waals surface area contributed by atoms with E-state index in [1.807, 2.05) is 0 Å². The zero-order valence-electron chi connectivity index (χ0n) is 12.6. The molecule has 0 aliphatic carbocycles. The molecular weight excluding hydrogens is 336 g/mol. The number of thioether (sulfide) groups is 1. The summed E-state index contributed by atoms with van der Waals surface area (Å²) in [6.07, 6.45) is 1.95. The first-order valence-corrected chi connectivity index (χ1v) is 9.68. The van der Waals surface area contributed by atoms with Gasteiger partial charge in [-0.15, -0.1) is 0 Å². The van der Waals surface area contributed by atoms with E-state index in [0.29, 0.717) is 29.1 Å². The molecule has 9 heteroatoms. The summed E-state index contributed by atoms with van der Waals surface area (Å²) in [5.74, 6) is 2.08. The van der Waals surface area contributed by atoms with Crippen molar-refractivity contribution in [2.24, 2.45) is 0 Å². The first-order chi connectivity index (χ1) is 10.8. The van der Waals surface area contributed by atoms with Crippen LogP contribution in [-0.4, -0.2) is 37.0 Å². The minimum atomic E-state index is -3.18. The van der Waals surface area contributed by atoms with Crippen LogP contribution in [0, 0.1) is 0 Å². The molecule has 0 unspecified atom stereocenters. The van der Waals surface area contributed by atoms with Gasteiger partial charge in [0.15, 0.2) is 15.0 Å². The van der Waals surface area contributed by atoms with Gasteiger partial charge in [-0.25, -0.2) is 18.4 Å². The molecule has 1 aromatic carbocycles. The molecule has 1 heterocycles. The number of nitrogens with zero attached hydrogens (tertiary/aromatic N) is 2. The zero-order chi connectivity index (χ0) is 16.9. The first kappa shape index (κ1) is 17.4. The maximum atomic E-state index is 11.4. The first-order valence-electron chi connectivity index (χ1n) is 6.80. The molecule has 124 valence electrons. The smallest absolute Gasteiger partial charge is 0.191 e. The summed E-state index contributed by atoms with van der Waals surface area (Å²) in [6, 6.07) is 7.86. The van der Waals surface area contributed by atoms with Crippen molar-refractivity contribution in [1.29, 1.82) is 0 Å². The number of benzene rings is 1. The van der Waals surface area contributed by atoms with E-state index in [4.69, 9.17) is 16.2 Å². The van der Waals surface area contributed by atoms with E-state index in [1.54, 1.807) is 12.1 Å². The van der Waals surface area contributed by atoms with Crippen molar-refractivity contribution in [2.75, 3.05) is 30.1 Å². The van der Waals surface area contributed by atoms with Crippen molar-refractivity contribution in [1.82, 2.24) is 9.97 Å². The van der Waals surface area contributed by atoms with Crippen molar-refractivity contribution in [3.05, 3.63) is 30.3 Å². The Bertz CT molecular complexity index is 744. The highest BCUT2D eigenvalue weighted by Crippen LogP contribution is 2.18. The molecule has 1 aromatic heterocycles. The van der Waals surface area contributed by atoms with Crippen molar-refractivity contribution < 1.29 is 13.2 Å². The monoisotopic (exact) mass is 354 g/mol. The summed E-state index contributed by atoms with van der Waals surface area (Å²) >= 11 is 1.45. The second-order valence-electron chi connectivity index (χ2n) is 4.79. The Hall–Kier alpha value is -2.00. The Balaban J connectivity index is 1.75. The number of hydrogen-bond acceptors (Lipinski definition) is 8. The van der Waals surface area contributed by atoms with Gasteiger partial charge < -0.3 is 16.2 Å². The molecular formula is C14H18N4O3S2. The van der Waals surface area contributed by atoms with Gasteiger partial charge in [-0.1, -0.05) is 11.8 Å². The van der Waals surface area contributed by atoms with Crippen LogP contribution in [0.2, 0.25) is 0 Å². The molecule has 2 aromatic rings. The molecule has 0 aliphatic rings. The van der Waals surface area contributed by atoms with Gasteiger partial charge in [0.2, 0.25) is 0 Å². The normalized spacial score (nSPS) is 11.3. The summed E-state index contributed by atoms with van der Waals surface area (Å²) < 4.78 is 28.3. The predicted octanol–water partition coefficient (Wildman–Crippen LogP) is 1.61. The Labute approximate surface area is 139 Å². The van der Waals surface area contributed by atoms with Crippen LogP contribution < -0.4 is 16.2 Å². The van der Waals surface area contributed by atoms with Crippen molar-refractivity contribution in [3.63, 3.8) is 0 Å². The van der Waals surface area contributed by atoms with Crippen LogP contribution in [0.3, 0.4) is 0 Å². The number of rotatable bonds is 7. The highest BCUT2D eigenvalue weighted by Gasteiger charge is 2.06. The molecule has 0 saturated carbocycles. The standard InChI is InChI=1S/C14H18N4O3S2/c1-23(19,20)11-5-3-10(4-6-11)21-7-2-8-22-14-17-12(15)9-13(16)18-14/h3-6,9H,2,7-8H2,1H3,(H4,15,16,17,18). The lowest BCUT2D eigenvalue weighted by molar-refractivity contribution is 0.318. The van der Waals surface area contributed by atoms with Gasteiger partial charge in [0.1, 0.15) is 17.4 Å². The summed E-state index contributed by atoms with van der Waals surface area (Å²) in [5.41, 5.74) is 11.2. The van der Waals surface area contributed by atoms with Crippen molar-refractivity contribution >= 4 is 33.2 Å². The highest BCUT2D eigenvalue weighted by atomic mass is 32.2. The van der Waals surface area contributed by atoms with E-state index in [-0.39, 0.29) is 4.90 Å². The van der Waals surface area contributed by atoms with Gasteiger partial charge in [0.05, 0.1) is 11.5 Å². The van der Waals surface area contributed by atoms with Crippen LogP contribution >= 0.6 is 11.8 Å². The van der Waals surface area contributed by atoms with Gasteiger partial charge >= 0.3 is 0 Å². The fourth-order valence-electron chi connectivity index (χ4n) is 1.72. The molecule has 7 nitrogen and oxygen atoms in total. The highest BCUT2D eigenvalue weighted by molar-refractivity contribution is 7.99. The number of anilines is 2. The SMILES string of the molecule is CS(=O)(=O)c1ccc(OCCCSc2nc(N)cc(N)n2)cc1. The van der Waals surface area contributed by atoms with Crippen LogP contribution in [0.25, 0.3) is 0 Å². The van der Waals surface area contributed by atoms with Crippen molar-refractivity contribution in [3.8, 4) is 5.75 Å². The quantitative estimate of drug-likeness (QED) is 0.437. The van der Waals surface area contributed by atoms with Gasteiger partial charge in [-0.2, -0.15) is 0 Å². The van der Waals surface area contributed by atoms with Gasteiger partial charge in [0.25, 0.3) is 0 Å². The lowest BCUT2D eigenvalue weighted by atomic mass is 10.3. The molecule has 2 rings (SSSR count). The van der Waals surface area contributed by atoms with Crippen LogP contribution in [0.15, 0.2) is 40.4 Å². The summed E-state index contributed by atoms with van der Waals surface area (Å²) in [4.78, 5) is 8.42. The van der Waals surface area contributed by atoms with Crippen LogP contribution in [0.4, 0.5) is 11.6 Å². The minimum absolute atomic E-state index is 0.275. The number of hydrogen-bond donors (Lipinski definition) is 2. The van der Waals surface area contributed by atoms with E-state index in [1.165, 1.54) is 36.2 Å². The number of ether oxygens (including phenoxy) is 1. The number of aromatic nitrogens is 2. The molecule has 0 radical (unpaired) electrons. The molecule has 0 saturated heterocycles. The average molecular weight is 354 g/mol. The molecule has 0 atom stereocenters. The van der Waals surface area contributed by atoms with E-state index >= 15 is 0 Å². The van der Waals surface area contributed by atoms with E-state index in [9.17, 15) is 8.42 Å². The van der Waals surface area contributed by atoms with Gasteiger partial charge in [0, 0.05) is 18.1 Å². The topological polar surface area (TPSA) is 121 Å².